The number of amides is 1. The highest BCUT2D eigenvalue weighted by Gasteiger charge is 2.15. The Labute approximate surface area is 196 Å². The fraction of sp³-hybridized carbons (Fsp3) is 0.0370. The van der Waals surface area contributed by atoms with E-state index in [0.29, 0.717) is 28.6 Å². The van der Waals surface area contributed by atoms with Crippen molar-refractivity contribution in [3.8, 4) is 17.1 Å². The Morgan fingerprint density at radius 2 is 1.71 bits per heavy atom. The zero-order valence-corrected chi connectivity index (χ0v) is 18.4. The average Bonchev–Trinajstić information content (AvgIpc) is 2.89. The lowest BCUT2D eigenvalue weighted by Gasteiger charge is -2.15. The largest absolute Gasteiger partial charge is 0.497 e. The first kappa shape index (κ1) is 21.1. The lowest BCUT2D eigenvalue weighted by molar-refractivity contribution is 0.102. The summed E-state index contributed by atoms with van der Waals surface area (Å²) in [6, 6.07) is 26.0. The van der Waals surface area contributed by atoms with E-state index in [-0.39, 0.29) is 5.91 Å². The van der Waals surface area contributed by atoms with Gasteiger partial charge in [-0.25, -0.2) is 9.97 Å². The van der Waals surface area contributed by atoms with Crippen molar-refractivity contribution in [2.45, 2.75) is 0 Å². The molecule has 0 unspecified atom stereocenters. The molecular weight excluding hydrogens is 426 g/mol. The van der Waals surface area contributed by atoms with E-state index in [1.807, 2.05) is 78.9 Å². The number of pyridine rings is 1. The van der Waals surface area contributed by atoms with E-state index in [4.69, 9.17) is 14.7 Å². The van der Waals surface area contributed by atoms with Gasteiger partial charge in [0.05, 0.1) is 23.9 Å². The summed E-state index contributed by atoms with van der Waals surface area (Å²) in [4.78, 5) is 26.7. The molecule has 0 fully saturated rings. The molecule has 3 aromatic carbocycles. The number of methoxy groups -OCH3 is 1. The van der Waals surface area contributed by atoms with Crippen LogP contribution in [0.4, 0.5) is 17.2 Å². The molecular formula is C27H21N5O2. The predicted octanol–water partition coefficient (Wildman–Crippen LogP) is 5.70. The quantitative estimate of drug-likeness (QED) is 0.347. The smallest absolute Gasteiger partial charge is 0.257 e. The van der Waals surface area contributed by atoms with E-state index in [1.54, 1.807) is 25.6 Å². The number of ether oxygens (including phenoxy) is 1. The Balaban J connectivity index is 1.58. The van der Waals surface area contributed by atoms with Crippen LogP contribution < -0.4 is 15.4 Å². The molecule has 2 heterocycles. The number of hydrogen-bond donors (Lipinski definition) is 2. The van der Waals surface area contributed by atoms with E-state index >= 15 is 0 Å². The summed E-state index contributed by atoms with van der Waals surface area (Å²) in [6.45, 7) is 0. The molecule has 0 radical (unpaired) electrons. The number of para-hydroxylation sites is 2. The minimum Gasteiger partial charge on any atom is -0.497 e. The van der Waals surface area contributed by atoms with Gasteiger partial charge in [0, 0.05) is 29.0 Å². The number of nitrogens with zero attached hydrogens (tertiary/aromatic N) is 3. The van der Waals surface area contributed by atoms with Crippen LogP contribution in [0.3, 0.4) is 0 Å². The zero-order valence-electron chi connectivity index (χ0n) is 18.4. The normalized spacial score (nSPS) is 10.6. The number of fused-ring (bicyclic) bond motifs is 1. The van der Waals surface area contributed by atoms with Gasteiger partial charge in [-0.3, -0.25) is 9.78 Å². The van der Waals surface area contributed by atoms with Crippen molar-refractivity contribution < 1.29 is 9.53 Å². The van der Waals surface area contributed by atoms with Crippen LogP contribution in [0.5, 0.6) is 5.75 Å². The summed E-state index contributed by atoms with van der Waals surface area (Å²) in [5.41, 5.74) is 3.36. The van der Waals surface area contributed by atoms with Crippen molar-refractivity contribution in [1.82, 2.24) is 15.0 Å². The molecule has 1 amide bonds. The molecule has 0 aliphatic rings. The molecule has 0 aliphatic carbocycles. The molecule has 5 rings (SSSR count). The molecule has 0 aliphatic heterocycles. The Hall–Kier alpha value is -4.78. The Morgan fingerprint density at radius 1 is 0.882 bits per heavy atom. The number of aromatic nitrogens is 3. The molecule has 0 saturated heterocycles. The van der Waals surface area contributed by atoms with Gasteiger partial charge in [-0.15, -0.1) is 0 Å². The highest BCUT2D eigenvalue weighted by Crippen LogP contribution is 2.31. The van der Waals surface area contributed by atoms with Gasteiger partial charge in [0.1, 0.15) is 11.6 Å². The molecule has 7 heteroatoms. The summed E-state index contributed by atoms with van der Waals surface area (Å²) < 4.78 is 5.41. The molecule has 5 aromatic rings. The Bertz CT molecular complexity index is 1460. The number of hydrogen-bond acceptors (Lipinski definition) is 6. The first-order valence-electron chi connectivity index (χ1n) is 10.7. The van der Waals surface area contributed by atoms with E-state index in [2.05, 4.69) is 15.6 Å². The van der Waals surface area contributed by atoms with Crippen molar-refractivity contribution >= 4 is 34.0 Å². The third-order valence-electron chi connectivity index (χ3n) is 5.28. The second-order valence-electron chi connectivity index (χ2n) is 7.51. The molecule has 7 nitrogen and oxygen atoms in total. The van der Waals surface area contributed by atoms with Crippen LogP contribution in [0, 0.1) is 0 Å². The van der Waals surface area contributed by atoms with Crippen LogP contribution in [-0.4, -0.2) is 28.0 Å². The van der Waals surface area contributed by atoms with E-state index in [0.717, 1.165) is 22.2 Å². The fourth-order valence-corrected chi connectivity index (χ4v) is 3.59. The maximum atomic E-state index is 13.1. The van der Waals surface area contributed by atoms with E-state index < -0.39 is 0 Å². The Morgan fingerprint density at radius 3 is 2.50 bits per heavy atom. The van der Waals surface area contributed by atoms with E-state index in [1.165, 1.54) is 0 Å². The van der Waals surface area contributed by atoms with E-state index in [9.17, 15) is 4.79 Å². The second kappa shape index (κ2) is 9.38. The third-order valence-corrected chi connectivity index (χ3v) is 5.28. The van der Waals surface area contributed by atoms with Gasteiger partial charge in [-0.2, -0.15) is 0 Å². The number of rotatable bonds is 6. The second-order valence-corrected chi connectivity index (χ2v) is 7.51. The lowest BCUT2D eigenvalue weighted by atomic mass is 10.1. The number of nitrogens with one attached hydrogen (secondary N) is 2. The standard InChI is InChI=1S/C27H21N5O2/c1-34-20-13-14-24-22(16-20)26(32-25(30-24)18-8-7-15-28-17-18)31-23-12-6-5-11-21(23)27(33)29-19-9-3-2-4-10-19/h2-17H,1H3,(H,29,33)(H,30,31,32). The molecule has 0 spiro atoms. The molecule has 2 N–H and O–H groups in total. The van der Waals surface area contributed by atoms with Gasteiger partial charge in [0.25, 0.3) is 5.91 Å². The number of carbonyl (C=O) groups is 1. The van der Waals surface area contributed by atoms with Crippen molar-refractivity contribution in [1.29, 1.82) is 0 Å². The van der Waals surface area contributed by atoms with Crippen molar-refractivity contribution in [2.24, 2.45) is 0 Å². The van der Waals surface area contributed by atoms with Gasteiger partial charge < -0.3 is 15.4 Å². The van der Waals surface area contributed by atoms with Crippen molar-refractivity contribution in [2.75, 3.05) is 17.7 Å². The fourth-order valence-electron chi connectivity index (χ4n) is 3.59. The van der Waals surface area contributed by atoms with Crippen LogP contribution in [0.15, 0.2) is 97.3 Å². The summed E-state index contributed by atoms with van der Waals surface area (Å²) >= 11 is 0. The van der Waals surface area contributed by atoms with Crippen LogP contribution in [0.1, 0.15) is 10.4 Å². The van der Waals surface area contributed by atoms with Crippen LogP contribution in [0.25, 0.3) is 22.3 Å². The summed E-state index contributed by atoms with van der Waals surface area (Å²) in [6.07, 6.45) is 3.42. The summed E-state index contributed by atoms with van der Waals surface area (Å²) in [7, 11) is 1.61. The van der Waals surface area contributed by atoms with Crippen LogP contribution in [-0.2, 0) is 0 Å². The first-order chi connectivity index (χ1) is 16.7. The summed E-state index contributed by atoms with van der Waals surface area (Å²) in [5, 5.41) is 7.06. The van der Waals surface area contributed by atoms with Gasteiger partial charge in [0.2, 0.25) is 0 Å². The number of carbonyl (C=O) groups excluding carboxylic acids is 1. The summed E-state index contributed by atoms with van der Waals surface area (Å²) in [5.74, 6) is 1.54. The molecule has 0 saturated carbocycles. The SMILES string of the molecule is COc1ccc2nc(-c3cccnc3)nc(Nc3ccccc3C(=O)Nc3ccccc3)c2c1. The van der Waals surface area contributed by atoms with Crippen LogP contribution >= 0.6 is 0 Å². The molecule has 2 aromatic heterocycles. The van der Waals surface area contributed by atoms with Crippen molar-refractivity contribution in [3.05, 3.63) is 103 Å². The topological polar surface area (TPSA) is 89.0 Å². The zero-order chi connectivity index (χ0) is 23.3. The Kier molecular flexibility index (Phi) is 5.82. The predicted molar refractivity (Wildman–Crippen MR) is 133 cm³/mol. The van der Waals surface area contributed by atoms with Crippen molar-refractivity contribution in [3.63, 3.8) is 0 Å². The minimum absolute atomic E-state index is 0.224. The van der Waals surface area contributed by atoms with Crippen LogP contribution in [0.2, 0.25) is 0 Å². The molecule has 0 atom stereocenters. The maximum absolute atomic E-state index is 13.1. The van der Waals surface area contributed by atoms with Gasteiger partial charge in [-0.05, 0) is 54.6 Å². The lowest BCUT2D eigenvalue weighted by Crippen LogP contribution is -2.14. The molecule has 166 valence electrons. The molecule has 34 heavy (non-hydrogen) atoms. The number of anilines is 3. The monoisotopic (exact) mass is 447 g/mol. The van der Waals surface area contributed by atoms with Gasteiger partial charge in [-0.1, -0.05) is 30.3 Å². The first-order valence-corrected chi connectivity index (χ1v) is 10.7. The van der Waals surface area contributed by atoms with Gasteiger partial charge >= 0.3 is 0 Å². The highest BCUT2D eigenvalue weighted by atomic mass is 16.5. The highest BCUT2D eigenvalue weighted by molar-refractivity contribution is 6.09. The maximum Gasteiger partial charge on any atom is 0.257 e. The average molecular weight is 447 g/mol. The van der Waals surface area contributed by atoms with Gasteiger partial charge in [0.15, 0.2) is 5.82 Å². The molecule has 0 bridgehead atoms. The minimum atomic E-state index is -0.224. The number of benzene rings is 3. The third kappa shape index (κ3) is 4.40.